The minimum Gasteiger partial charge on any atom is -0.444 e. The molecule has 1 N–H and O–H groups in total. The number of aryl methyl sites for hydroxylation is 1. The summed E-state index contributed by atoms with van der Waals surface area (Å²) in [6.45, 7) is 11.7. The van der Waals surface area contributed by atoms with E-state index in [0.717, 1.165) is 30.2 Å². The first-order valence-corrected chi connectivity index (χ1v) is 9.75. The number of hydrogen-bond donors (Lipinski definition) is 1. The number of aromatic nitrogens is 1. The molecule has 3 nitrogen and oxygen atoms in total. The number of allylic oxidation sites excluding steroid dienone is 1. The molecule has 1 saturated heterocycles. The number of oxazole rings is 1. The molecule has 1 aromatic heterocycles. The van der Waals surface area contributed by atoms with E-state index in [-0.39, 0.29) is 10.8 Å². The molecule has 1 spiro atoms. The summed E-state index contributed by atoms with van der Waals surface area (Å²) in [5, 5.41) is 3.56. The Kier molecular flexibility index (Phi) is 3.72. The normalized spacial score (nSPS) is 38.9. The van der Waals surface area contributed by atoms with Gasteiger partial charge in [0.1, 0.15) is 11.5 Å². The lowest BCUT2D eigenvalue weighted by Gasteiger charge is -2.29. The Morgan fingerprint density at radius 1 is 1.17 bits per heavy atom. The van der Waals surface area contributed by atoms with E-state index in [1.807, 2.05) is 0 Å². The highest BCUT2D eigenvalue weighted by atomic mass is 16.4. The zero-order chi connectivity index (χ0) is 17.0. The number of fused-ring (bicyclic) bond motifs is 1. The Bertz CT molecular complexity index is 653. The van der Waals surface area contributed by atoms with Gasteiger partial charge in [0.25, 0.3) is 0 Å². The van der Waals surface area contributed by atoms with Crippen molar-refractivity contribution in [3.8, 4) is 0 Å². The highest BCUT2D eigenvalue weighted by Crippen LogP contribution is 2.53. The predicted octanol–water partition coefficient (Wildman–Crippen LogP) is 4.72. The van der Waals surface area contributed by atoms with Crippen molar-refractivity contribution in [3.05, 3.63) is 23.4 Å². The van der Waals surface area contributed by atoms with Crippen molar-refractivity contribution in [2.45, 2.75) is 71.6 Å². The van der Waals surface area contributed by atoms with E-state index in [4.69, 9.17) is 9.40 Å². The van der Waals surface area contributed by atoms with Gasteiger partial charge in [-0.05, 0) is 61.5 Å². The Balaban J connectivity index is 1.60. The van der Waals surface area contributed by atoms with Crippen molar-refractivity contribution in [1.82, 2.24) is 10.3 Å². The van der Waals surface area contributed by atoms with E-state index in [1.165, 1.54) is 38.8 Å². The Labute approximate surface area is 146 Å². The number of hydrogen-bond acceptors (Lipinski definition) is 3. The molecule has 2 aliphatic carbocycles. The van der Waals surface area contributed by atoms with Gasteiger partial charge in [0.15, 0.2) is 0 Å². The molecule has 3 aliphatic rings. The van der Waals surface area contributed by atoms with E-state index >= 15 is 0 Å². The molecule has 4 rings (SSSR count). The molecule has 132 valence electrons. The quantitative estimate of drug-likeness (QED) is 0.854. The summed E-state index contributed by atoms with van der Waals surface area (Å²) in [6.07, 6.45) is 11.8. The van der Waals surface area contributed by atoms with Gasteiger partial charge in [-0.15, -0.1) is 0 Å². The number of nitrogens with one attached hydrogen (secondary N) is 1. The third-order valence-corrected chi connectivity index (χ3v) is 7.38. The molecule has 2 fully saturated rings. The summed E-state index contributed by atoms with van der Waals surface area (Å²) >= 11 is 0. The van der Waals surface area contributed by atoms with Crippen LogP contribution in [0.5, 0.6) is 0 Å². The van der Waals surface area contributed by atoms with Crippen LogP contribution in [-0.2, 0) is 11.8 Å². The average Bonchev–Trinajstić information content (AvgIpc) is 3.22. The highest BCUT2D eigenvalue weighted by molar-refractivity contribution is 5.50. The van der Waals surface area contributed by atoms with Gasteiger partial charge in [-0.1, -0.05) is 33.8 Å². The Morgan fingerprint density at radius 3 is 2.71 bits per heavy atom. The van der Waals surface area contributed by atoms with Gasteiger partial charge < -0.3 is 9.73 Å². The van der Waals surface area contributed by atoms with Crippen LogP contribution in [0.25, 0.3) is 6.08 Å². The minimum absolute atomic E-state index is 0.118. The lowest BCUT2D eigenvalue weighted by Crippen LogP contribution is -2.25. The van der Waals surface area contributed by atoms with Gasteiger partial charge >= 0.3 is 0 Å². The smallest absolute Gasteiger partial charge is 0.200 e. The van der Waals surface area contributed by atoms with Crippen LogP contribution < -0.4 is 5.32 Å². The van der Waals surface area contributed by atoms with Crippen molar-refractivity contribution in [1.29, 1.82) is 0 Å². The molecule has 1 aliphatic heterocycles. The van der Waals surface area contributed by atoms with Crippen molar-refractivity contribution in [2.24, 2.45) is 16.7 Å². The fraction of sp³-hybridized carbons (Fsp3) is 0.762. The summed E-state index contributed by atoms with van der Waals surface area (Å²) in [7, 11) is 0. The van der Waals surface area contributed by atoms with Crippen LogP contribution in [0, 0.1) is 16.7 Å². The first-order valence-electron chi connectivity index (χ1n) is 9.75. The summed E-state index contributed by atoms with van der Waals surface area (Å²) in [4.78, 5) is 4.97. The van der Waals surface area contributed by atoms with Gasteiger partial charge in [0.2, 0.25) is 5.89 Å². The molecule has 0 radical (unpaired) electrons. The van der Waals surface area contributed by atoms with E-state index in [0.29, 0.717) is 11.3 Å². The summed E-state index contributed by atoms with van der Waals surface area (Å²) < 4.78 is 6.37. The summed E-state index contributed by atoms with van der Waals surface area (Å²) in [5.74, 6) is 2.74. The van der Waals surface area contributed by atoms with Crippen LogP contribution >= 0.6 is 0 Å². The van der Waals surface area contributed by atoms with Crippen molar-refractivity contribution in [2.75, 3.05) is 13.1 Å². The van der Waals surface area contributed by atoms with Gasteiger partial charge in [-0.3, -0.25) is 0 Å². The fourth-order valence-corrected chi connectivity index (χ4v) is 5.04. The third kappa shape index (κ3) is 2.56. The molecule has 3 unspecified atom stereocenters. The number of rotatable bonds is 2. The topological polar surface area (TPSA) is 38.1 Å². The minimum atomic E-state index is 0.118. The first-order chi connectivity index (χ1) is 11.3. The molecule has 1 aromatic rings. The van der Waals surface area contributed by atoms with E-state index in [2.05, 4.69) is 45.2 Å². The van der Waals surface area contributed by atoms with Crippen LogP contribution in [-0.4, -0.2) is 18.1 Å². The zero-order valence-corrected chi connectivity index (χ0v) is 15.7. The third-order valence-electron chi connectivity index (χ3n) is 7.38. The largest absolute Gasteiger partial charge is 0.444 e. The van der Waals surface area contributed by atoms with E-state index in [1.54, 1.807) is 0 Å². The van der Waals surface area contributed by atoms with Crippen LogP contribution in [0.2, 0.25) is 0 Å². The second-order valence-electron chi connectivity index (χ2n) is 9.49. The van der Waals surface area contributed by atoms with Gasteiger partial charge in [0.05, 0.1) is 0 Å². The summed E-state index contributed by atoms with van der Waals surface area (Å²) in [6, 6.07) is 0. The molecule has 0 aromatic carbocycles. The predicted molar refractivity (Wildman–Crippen MR) is 97.9 cm³/mol. The van der Waals surface area contributed by atoms with Crippen LogP contribution in [0.1, 0.15) is 77.1 Å². The molecular weight excluding hydrogens is 296 g/mol. The zero-order valence-electron chi connectivity index (χ0n) is 15.7. The maximum absolute atomic E-state index is 6.37. The van der Waals surface area contributed by atoms with Crippen LogP contribution in [0.4, 0.5) is 0 Å². The fourth-order valence-electron chi connectivity index (χ4n) is 5.04. The van der Waals surface area contributed by atoms with Crippen molar-refractivity contribution in [3.63, 3.8) is 0 Å². The lowest BCUT2D eigenvalue weighted by molar-refractivity contribution is 0.258. The van der Waals surface area contributed by atoms with Gasteiger partial charge in [-0.2, -0.15) is 0 Å². The lowest BCUT2D eigenvalue weighted by atomic mass is 9.76. The monoisotopic (exact) mass is 328 g/mol. The molecule has 1 saturated carbocycles. The molecule has 3 atom stereocenters. The average molecular weight is 329 g/mol. The molecule has 3 heteroatoms. The van der Waals surface area contributed by atoms with E-state index < -0.39 is 0 Å². The Morgan fingerprint density at radius 2 is 2.00 bits per heavy atom. The number of nitrogens with zero attached hydrogens (tertiary/aromatic N) is 1. The first kappa shape index (κ1) is 16.4. The van der Waals surface area contributed by atoms with Gasteiger partial charge in [-0.25, -0.2) is 4.98 Å². The summed E-state index contributed by atoms with van der Waals surface area (Å²) in [5.41, 5.74) is 1.95. The van der Waals surface area contributed by atoms with E-state index in [9.17, 15) is 0 Å². The molecule has 2 heterocycles. The second-order valence-corrected chi connectivity index (χ2v) is 9.49. The molecule has 0 amide bonds. The van der Waals surface area contributed by atoms with Crippen LogP contribution in [0.15, 0.2) is 10.5 Å². The maximum atomic E-state index is 6.37. The maximum Gasteiger partial charge on any atom is 0.200 e. The Hall–Kier alpha value is -1.09. The second kappa shape index (κ2) is 5.45. The molecule has 0 bridgehead atoms. The standard InChI is InChI=1S/C21H32N2O/c1-15(2)19(3)7-5-16-17(6-8-19)24-18(23-16)20(4)9-10-21(13-20)11-12-22-14-21/h5,7,15,22H,6,8-14H2,1-4H3. The molecule has 24 heavy (non-hydrogen) atoms. The molecular formula is C21H32N2O. The highest BCUT2D eigenvalue weighted by Gasteiger charge is 2.50. The SMILES string of the molecule is CC(C)C1(C)C=Cc2nc(C3(C)CCC4(CCNC4)C3)oc2CC1. The van der Waals surface area contributed by atoms with Crippen molar-refractivity contribution < 1.29 is 4.42 Å². The van der Waals surface area contributed by atoms with Gasteiger partial charge in [0, 0.05) is 18.4 Å². The van der Waals surface area contributed by atoms with Crippen molar-refractivity contribution >= 4 is 6.08 Å². The van der Waals surface area contributed by atoms with Crippen LogP contribution in [0.3, 0.4) is 0 Å².